The van der Waals surface area contributed by atoms with Gasteiger partial charge in [0.1, 0.15) is 5.75 Å². The number of rotatable bonds is 5. The Hall–Kier alpha value is -2.64. The number of nitro benzene ring substituents is 1. The minimum Gasteiger partial charge on any atom is -0.495 e. The van der Waals surface area contributed by atoms with Crippen LogP contribution in [0.2, 0.25) is 10.0 Å². The van der Waals surface area contributed by atoms with Gasteiger partial charge in [-0.2, -0.15) is 5.10 Å². The maximum Gasteiger partial charge on any atom is 0.271 e. The SMILES string of the molecule is COc1c(Cl)cc(Cl)cc1C=NNC(=O)c1cccc([N+](=O)[O-])c1. The Morgan fingerprint density at radius 1 is 1.33 bits per heavy atom. The second-order valence-electron chi connectivity index (χ2n) is 4.52. The van der Waals surface area contributed by atoms with Crippen molar-refractivity contribution in [2.24, 2.45) is 5.10 Å². The summed E-state index contributed by atoms with van der Waals surface area (Å²) in [6.07, 6.45) is 1.31. The summed E-state index contributed by atoms with van der Waals surface area (Å²) in [7, 11) is 1.44. The summed E-state index contributed by atoms with van der Waals surface area (Å²) >= 11 is 11.9. The van der Waals surface area contributed by atoms with E-state index in [2.05, 4.69) is 10.5 Å². The van der Waals surface area contributed by atoms with Gasteiger partial charge in [-0.15, -0.1) is 0 Å². The van der Waals surface area contributed by atoms with E-state index in [1.165, 1.54) is 37.6 Å². The third kappa shape index (κ3) is 4.21. The maximum absolute atomic E-state index is 12.0. The third-order valence-electron chi connectivity index (χ3n) is 2.93. The highest BCUT2D eigenvalue weighted by Crippen LogP contribution is 2.31. The molecule has 0 aliphatic rings. The summed E-state index contributed by atoms with van der Waals surface area (Å²) in [6, 6.07) is 8.38. The van der Waals surface area contributed by atoms with Crippen LogP contribution in [0.4, 0.5) is 5.69 Å². The zero-order chi connectivity index (χ0) is 17.7. The van der Waals surface area contributed by atoms with Crippen molar-refractivity contribution in [2.75, 3.05) is 7.11 Å². The van der Waals surface area contributed by atoms with E-state index in [0.717, 1.165) is 6.07 Å². The van der Waals surface area contributed by atoms with Crippen LogP contribution in [0.1, 0.15) is 15.9 Å². The number of non-ortho nitro benzene ring substituents is 1. The van der Waals surface area contributed by atoms with Crippen LogP contribution in [0.5, 0.6) is 5.75 Å². The number of benzene rings is 2. The summed E-state index contributed by atoms with van der Waals surface area (Å²) in [5.74, 6) is -0.239. The molecular formula is C15H11Cl2N3O4. The number of ether oxygens (including phenoxy) is 1. The first kappa shape index (κ1) is 17.7. The van der Waals surface area contributed by atoms with Crippen molar-refractivity contribution in [1.82, 2.24) is 5.43 Å². The van der Waals surface area contributed by atoms with E-state index >= 15 is 0 Å². The van der Waals surface area contributed by atoms with Crippen molar-refractivity contribution in [3.63, 3.8) is 0 Å². The van der Waals surface area contributed by atoms with E-state index in [1.54, 1.807) is 6.07 Å². The van der Waals surface area contributed by atoms with Gasteiger partial charge in [0.15, 0.2) is 0 Å². The normalized spacial score (nSPS) is 10.6. The fraction of sp³-hybridized carbons (Fsp3) is 0.0667. The fourth-order valence-corrected chi connectivity index (χ4v) is 2.46. The first-order chi connectivity index (χ1) is 11.4. The Bertz CT molecular complexity index is 824. The van der Waals surface area contributed by atoms with Gasteiger partial charge >= 0.3 is 0 Å². The number of nitrogens with zero attached hydrogens (tertiary/aromatic N) is 2. The largest absolute Gasteiger partial charge is 0.495 e. The number of nitrogens with one attached hydrogen (secondary N) is 1. The van der Waals surface area contributed by atoms with Crippen LogP contribution < -0.4 is 10.2 Å². The van der Waals surface area contributed by atoms with Gasteiger partial charge in [-0.1, -0.05) is 29.3 Å². The molecule has 0 unspecified atom stereocenters. The maximum atomic E-state index is 12.0. The second kappa shape index (κ2) is 7.76. The van der Waals surface area contributed by atoms with E-state index in [1.807, 2.05) is 0 Å². The summed E-state index contributed by atoms with van der Waals surface area (Å²) in [5, 5.41) is 15.2. The zero-order valence-corrected chi connectivity index (χ0v) is 13.8. The van der Waals surface area contributed by atoms with Crippen molar-refractivity contribution in [3.05, 3.63) is 67.7 Å². The summed E-state index contributed by atoms with van der Waals surface area (Å²) in [6.45, 7) is 0. The standard InChI is InChI=1S/C15H11Cl2N3O4/c1-24-14-10(5-11(16)7-13(14)17)8-18-19-15(21)9-3-2-4-12(6-9)20(22)23/h2-8H,1H3,(H,19,21). The highest BCUT2D eigenvalue weighted by Gasteiger charge is 2.11. The molecule has 0 saturated heterocycles. The first-order valence-electron chi connectivity index (χ1n) is 6.53. The van der Waals surface area contributed by atoms with E-state index in [0.29, 0.717) is 21.4 Å². The lowest BCUT2D eigenvalue weighted by Crippen LogP contribution is -2.17. The lowest BCUT2D eigenvalue weighted by Gasteiger charge is -2.07. The molecule has 0 saturated carbocycles. The minimum absolute atomic E-state index is 0.109. The monoisotopic (exact) mass is 367 g/mol. The highest BCUT2D eigenvalue weighted by atomic mass is 35.5. The highest BCUT2D eigenvalue weighted by molar-refractivity contribution is 6.36. The van der Waals surface area contributed by atoms with Crippen molar-refractivity contribution in [1.29, 1.82) is 0 Å². The Morgan fingerprint density at radius 2 is 2.08 bits per heavy atom. The molecule has 24 heavy (non-hydrogen) atoms. The molecule has 0 spiro atoms. The Labute approximate surface area is 147 Å². The van der Waals surface area contributed by atoms with Crippen LogP contribution in [-0.2, 0) is 0 Å². The third-order valence-corrected chi connectivity index (χ3v) is 3.43. The molecule has 9 heteroatoms. The lowest BCUT2D eigenvalue weighted by atomic mass is 10.2. The quantitative estimate of drug-likeness (QED) is 0.495. The lowest BCUT2D eigenvalue weighted by molar-refractivity contribution is -0.384. The molecule has 0 fully saturated rings. The van der Waals surface area contributed by atoms with Crippen LogP contribution in [0.3, 0.4) is 0 Å². The minimum atomic E-state index is -0.595. The van der Waals surface area contributed by atoms with Crippen molar-refractivity contribution < 1.29 is 14.5 Å². The summed E-state index contributed by atoms with van der Waals surface area (Å²) in [4.78, 5) is 22.1. The molecule has 0 radical (unpaired) electrons. The van der Waals surface area contributed by atoms with Gasteiger partial charge in [0, 0.05) is 28.3 Å². The molecule has 7 nitrogen and oxygen atoms in total. The van der Waals surface area contributed by atoms with Crippen LogP contribution in [0.25, 0.3) is 0 Å². The molecular weight excluding hydrogens is 357 g/mol. The average molecular weight is 368 g/mol. The average Bonchev–Trinajstić information content (AvgIpc) is 2.54. The van der Waals surface area contributed by atoms with Crippen LogP contribution in [-0.4, -0.2) is 24.2 Å². The van der Waals surface area contributed by atoms with Crippen LogP contribution in [0.15, 0.2) is 41.5 Å². The number of carbonyl (C=O) groups is 1. The number of nitro groups is 1. The Kier molecular flexibility index (Phi) is 5.73. The number of hydrogen-bond acceptors (Lipinski definition) is 5. The van der Waals surface area contributed by atoms with Crippen molar-refractivity contribution in [2.45, 2.75) is 0 Å². The first-order valence-corrected chi connectivity index (χ1v) is 7.29. The predicted molar refractivity (Wildman–Crippen MR) is 91.2 cm³/mol. The number of hydrogen-bond donors (Lipinski definition) is 1. The molecule has 0 aliphatic heterocycles. The van der Waals surface area contributed by atoms with Gasteiger partial charge in [-0.05, 0) is 18.2 Å². The van der Waals surface area contributed by atoms with Crippen molar-refractivity contribution in [3.8, 4) is 5.75 Å². The number of hydrazone groups is 1. The van der Waals surface area contributed by atoms with Gasteiger partial charge in [0.25, 0.3) is 11.6 Å². The number of methoxy groups -OCH3 is 1. The molecule has 0 bridgehead atoms. The van der Waals surface area contributed by atoms with E-state index in [-0.39, 0.29) is 11.3 Å². The van der Waals surface area contributed by atoms with E-state index in [4.69, 9.17) is 27.9 Å². The predicted octanol–water partition coefficient (Wildman–Crippen LogP) is 3.67. The molecule has 0 atom stereocenters. The van der Waals surface area contributed by atoms with Gasteiger partial charge in [0.05, 0.1) is 23.3 Å². The van der Waals surface area contributed by atoms with Crippen LogP contribution >= 0.6 is 23.2 Å². The molecule has 124 valence electrons. The van der Waals surface area contributed by atoms with Gasteiger partial charge in [0.2, 0.25) is 0 Å². The van der Waals surface area contributed by atoms with Gasteiger partial charge < -0.3 is 4.74 Å². The summed E-state index contributed by atoms with van der Waals surface area (Å²) < 4.78 is 5.15. The van der Waals surface area contributed by atoms with Crippen LogP contribution in [0, 0.1) is 10.1 Å². The number of carbonyl (C=O) groups excluding carboxylic acids is 1. The van der Waals surface area contributed by atoms with Gasteiger partial charge in [-0.3, -0.25) is 14.9 Å². The Morgan fingerprint density at radius 3 is 2.75 bits per heavy atom. The Balaban J connectivity index is 2.16. The second-order valence-corrected chi connectivity index (χ2v) is 5.36. The van der Waals surface area contributed by atoms with Crippen molar-refractivity contribution >= 4 is 41.0 Å². The molecule has 0 heterocycles. The number of amides is 1. The van der Waals surface area contributed by atoms with Gasteiger partial charge in [-0.25, -0.2) is 5.43 Å². The molecule has 1 amide bonds. The van der Waals surface area contributed by atoms with E-state index in [9.17, 15) is 14.9 Å². The molecule has 1 N–H and O–H groups in total. The molecule has 2 aromatic rings. The number of halogens is 2. The fourth-order valence-electron chi connectivity index (χ4n) is 1.88. The molecule has 2 rings (SSSR count). The summed E-state index contributed by atoms with van der Waals surface area (Å²) in [5.41, 5.74) is 2.66. The smallest absolute Gasteiger partial charge is 0.271 e. The zero-order valence-electron chi connectivity index (χ0n) is 12.3. The molecule has 0 aromatic heterocycles. The van der Waals surface area contributed by atoms with E-state index < -0.39 is 10.8 Å². The molecule has 2 aromatic carbocycles. The molecule has 0 aliphatic carbocycles. The topological polar surface area (TPSA) is 93.8 Å².